The molecular formula is C55H62ClF10N7O14. The Hall–Kier alpha value is -8.22. The third-order valence-electron chi connectivity index (χ3n) is 13.3. The number of ether oxygens (including phenoxy) is 3. The number of nitrogens with two attached hydrogens (primary N) is 2. The fourth-order valence-corrected chi connectivity index (χ4v) is 8.79. The van der Waals surface area contributed by atoms with E-state index in [9.17, 15) is 87.1 Å². The van der Waals surface area contributed by atoms with Gasteiger partial charge in [-0.1, -0.05) is 0 Å². The number of anilines is 2. The molecule has 0 spiro atoms. The normalized spacial score (nSPS) is 18.3. The number of esters is 2. The average molecular weight is 1270 g/mol. The fourth-order valence-electron chi connectivity index (χ4n) is 8.79. The molecular weight excluding hydrogens is 1210 g/mol. The molecule has 0 saturated heterocycles. The molecule has 0 radical (unpaired) electrons. The molecule has 5 aromatic heterocycles. The van der Waals surface area contributed by atoms with E-state index in [0.717, 1.165) is 17.7 Å². The number of rotatable bonds is 8. The number of aromatic carboxylic acids is 1. The first-order valence-corrected chi connectivity index (χ1v) is 26.0. The van der Waals surface area contributed by atoms with Crippen molar-refractivity contribution in [3.63, 3.8) is 0 Å². The molecule has 5 heterocycles. The minimum absolute atomic E-state index is 0. The van der Waals surface area contributed by atoms with Crippen molar-refractivity contribution in [2.45, 2.75) is 150 Å². The highest BCUT2D eigenvalue weighted by Gasteiger charge is 2.49. The Morgan fingerprint density at radius 1 is 0.540 bits per heavy atom. The van der Waals surface area contributed by atoms with Crippen molar-refractivity contribution < 1.29 is 86.8 Å². The van der Waals surface area contributed by atoms with Crippen molar-refractivity contribution in [2.75, 3.05) is 25.3 Å². The smallest absolute Gasteiger partial charge is 0.412 e. The summed E-state index contributed by atoms with van der Waals surface area (Å²) in [5.74, 6) is -16.0. The summed E-state index contributed by atoms with van der Waals surface area (Å²) in [4.78, 5) is 102. The monoisotopic (exact) mass is 1270 g/mol. The summed E-state index contributed by atoms with van der Waals surface area (Å²) in [5.41, 5.74) is 6.39. The number of nitrogens with zero attached hydrogens (tertiary/aromatic N) is 4. The van der Waals surface area contributed by atoms with E-state index in [1.165, 1.54) is 100 Å². The van der Waals surface area contributed by atoms with Gasteiger partial charge in [-0.3, -0.25) is 24.5 Å². The molecule has 5 aromatic rings. The molecule has 87 heavy (non-hydrogen) atoms. The first-order valence-electron chi connectivity index (χ1n) is 26.0. The van der Waals surface area contributed by atoms with Crippen molar-refractivity contribution in [3.8, 4) is 0 Å². The quantitative estimate of drug-likeness (QED) is 0.0639. The van der Waals surface area contributed by atoms with Crippen LogP contribution in [-0.4, -0.2) is 103 Å². The van der Waals surface area contributed by atoms with Crippen LogP contribution in [0.25, 0.3) is 0 Å². The van der Waals surface area contributed by atoms with Crippen LogP contribution in [0.1, 0.15) is 140 Å². The second-order valence-corrected chi connectivity index (χ2v) is 21.5. The Kier molecular flexibility index (Phi) is 23.4. The van der Waals surface area contributed by atoms with Crippen LogP contribution in [0.2, 0.25) is 0 Å². The SMILES string of the molecule is CC(C)(C)OC(=O)Nc1cccn(C2CC(F)(F)C2)c1=O.COC(=O)c1cccn(C2CC(F)(F)C2)c1=O.COC(=O)c1cccoc1=O.Cl.NC1CC(F)(F)C1.Nc1cccn(C2CC(F)(F)C2)c1=O.O=C(O)c1cccn(C2CC(F)(F)C2)c1=O. The largest absolute Gasteiger partial charge is 0.477 e. The summed E-state index contributed by atoms with van der Waals surface area (Å²) in [6.45, 7) is 5.10. The predicted molar refractivity (Wildman–Crippen MR) is 294 cm³/mol. The molecule has 0 atom stereocenters. The standard InChI is InChI=1S/C14H18F2N2O3.C11H11F2NO3.C10H9F2NO3.C9H10F2N2O.C7H6O4.C4H7F2N.ClH/c1-13(2,3)21-12(20)17-10-5-4-6-18(11(10)19)9-7-14(15,16)8-9;1-17-10(16)8-3-2-4-14(9(8)15)7-5-11(12,13)6-7;11-10(12)4-6(5-10)13-3-1-2-7(8(13)14)9(15)16;10-9(11)4-6(5-9)13-3-1-2-7(12)8(13)14;1-10-6(8)5-3-2-4-11-7(5)9;5-4(6)1-3(7)2-4;/h4-6,9H,7-8H2,1-3H3,(H,17,20);2-4,7H,5-6H2,1H3;1-3,6H,4-5H2,(H,15,16);1-3,6H,4-5,12H2;2-4H,1H3;3H,1-2,7H2;1H. The van der Waals surface area contributed by atoms with E-state index in [1.807, 2.05) is 0 Å². The van der Waals surface area contributed by atoms with E-state index < -0.39 is 124 Å². The summed E-state index contributed by atoms with van der Waals surface area (Å²) in [6, 6.07) is 11.8. The Balaban J connectivity index is 0.000000228. The van der Waals surface area contributed by atoms with Crippen LogP contribution in [-0.2, 0) is 14.2 Å². The van der Waals surface area contributed by atoms with Crippen LogP contribution in [0.3, 0.4) is 0 Å². The number of alkyl halides is 10. The Morgan fingerprint density at radius 2 is 0.885 bits per heavy atom. The van der Waals surface area contributed by atoms with Gasteiger partial charge in [0, 0.05) is 119 Å². The number of carboxylic acids is 1. The van der Waals surface area contributed by atoms with Gasteiger partial charge < -0.3 is 53.5 Å². The molecule has 0 unspecified atom stereocenters. The number of carbonyl (C=O) groups is 4. The summed E-state index contributed by atoms with van der Waals surface area (Å²) in [5, 5.41) is 11.1. The van der Waals surface area contributed by atoms with Gasteiger partial charge >= 0.3 is 29.6 Å². The van der Waals surface area contributed by atoms with Gasteiger partial charge in [-0.25, -0.2) is 67.9 Å². The first kappa shape index (κ1) is 71.3. The molecule has 6 N–H and O–H groups in total. The minimum Gasteiger partial charge on any atom is -0.477 e. The lowest BCUT2D eigenvalue weighted by atomic mass is 9.88. The second kappa shape index (κ2) is 28.5. The number of carbonyl (C=O) groups excluding carboxylic acids is 3. The maximum Gasteiger partial charge on any atom is 0.412 e. The molecule has 0 aliphatic heterocycles. The minimum atomic E-state index is -2.73. The summed E-state index contributed by atoms with van der Waals surface area (Å²) in [6.07, 6.45) is 3.12. The van der Waals surface area contributed by atoms with Gasteiger partial charge in [0.25, 0.3) is 51.8 Å². The van der Waals surface area contributed by atoms with Crippen LogP contribution < -0.4 is 44.6 Å². The number of nitrogens with one attached hydrogen (secondary N) is 1. The second-order valence-electron chi connectivity index (χ2n) is 21.5. The highest BCUT2D eigenvalue weighted by atomic mass is 35.5. The van der Waals surface area contributed by atoms with Gasteiger partial charge in [-0.2, -0.15) is 0 Å². The molecule has 5 saturated carbocycles. The molecule has 5 aliphatic carbocycles. The van der Waals surface area contributed by atoms with Crippen LogP contribution in [0.4, 0.5) is 60.1 Å². The van der Waals surface area contributed by atoms with Crippen molar-refractivity contribution in [2.24, 2.45) is 5.73 Å². The van der Waals surface area contributed by atoms with Crippen LogP contribution in [0.5, 0.6) is 0 Å². The highest BCUT2D eigenvalue weighted by Crippen LogP contribution is 2.47. The topological polar surface area (TPSA) is 298 Å². The lowest BCUT2D eigenvalue weighted by Crippen LogP contribution is -2.45. The van der Waals surface area contributed by atoms with Crippen molar-refractivity contribution in [1.82, 2.24) is 18.3 Å². The van der Waals surface area contributed by atoms with Crippen molar-refractivity contribution in [1.29, 1.82) is 0 Å². The maximum absolute atomic E-state index is 12.9. The molecule has 32 heteroatoms. The first-order chi connectivity index (χ1) is 39.8. The zero-order valence-corrected chi connectivity index (χ0v) is 47.8. The van der Waals surface area contributed by atoms with Gasteiger partial charge in [0.1, 0.15) is 28.0 Å². The van der Waals surface area contributed by atoms with Gasteiger partial charge in [0.05, 0.1) is 26.2 Å². The number of hydrogen-bond acceptors (Lipinski definition) is 15. The molecule has 10 rings (SSSR count). The van der Waals surface area contributed by atoms with E-state index in [1.54, 1.807) is 26.8 Å². The summed E-state index contributed by atoms with van der Waals surface area (Å²) < 4.78 is 148. The molecule has 0 aromatic carbocycles. The Morgan fingerprint density at radius 3 is 1.24 bits per heavy atom. The summed E-state index contributed by atoms with van der Waals surface area (Å²) in [7, 11) is 2.37. The number of carboxylic acid groups (broad SMARTS) is 1. The van der Waals surface area contributed by atoms with E-state index in [4.69, 9.17) is 21.3 Å². The Labute approximate surface area is 493 Å². The third kappa shape index (κ3) is 19.9. The predicted octanol–water partition coefficient (Wildman–Crippen LogP) is 9.28. The third-order valence-corrected chi connectivity index (χ3v) is 13.3. The van der Waals surface area contributed by atoms with E-state index in [-0.39, 0.29) is 97.9 Å². The number of hydrogen-bond donors (Lipinski definition) is 4. The van der Waals surface area contributed by atoms with Gasteiger partial charge in [-0.05, 0) is 81.4 Å². The number of nitrogen functional groups attached to an aromatic ring is 1. The van der Waals surface area contributed by atoms with E-state index >= 15 is 0 Å². The molecule has 0 bridgehead atoms. The number of aromatic nitrogens is 4. The lowest BCUT2D eigenvalue weighted by molar-refractivity contribution is -0.105. The number of halogens is 11. The van der Waals surface area contributed by atoms with Crippen molar-refractivity contribution in [3.05, 3.63) is 160 Å². The molecule has 1 amide bonds. The summed E-state index contributed by atoms with van der Waals surface area (Å²) >= 11 is 0. The Bertz CT molecular complexity index is 3530. The molecule has 5 fully saturated rings. The van der Waals surface area contributed by atoms with Gasteiger partial charge in [-0.15, -0.1) is 12.4 Å². The van der Waals surface area contributed by atoms with Crippen LogP contribution in [0.15, 0.2) is 120 Å². The van der Waals surface area contributed by atoms with Crippen LogP contribution in [0, 0.1) is 0 Å². The van der Waals surface area contributed by atoms with Gasteiger partial charge in [0.2, 0.25) is 0 Å². The van der Waals surface area contributed by atoms with E-state index in [0.29, 0.717) is 0 Å². The van der Waals surface area contributed by atoms with Crippen LogP contribution >= 0.6 is 12.4 Å². The fraction of sp³-hybridized carbons (Fsp3) is 0.473. The lowest BCUT2D eigenvalue weighted by Gasteiger charge is -2.36. The van der Waals surface area contributed by atoms with E-state index in [2.05, 4.69) is 19.2 Å². The molecule has 478 valence electrons. The highest BCUT2D eigenvalue weighted by molar-refractivity contribution is 5.89. The number of methoxy groups -OCH3 is 2. The number of pyridine rings is 4. The molecule has 21 nitrogen and oxygen atoms in total. The zero-order valence-electron chi connectivity index (χ0n) is 47.0. The maximum atomic E-state index is 12.9. The molecule has 5 aliphatic rings. The zero-order chi connectivity index (χ0) is 64.5. The average Bonchev–Trinajstić information content (AvgIpc) is 0.977. The number of amides is 1. The van der Waals surface area contributed by atoms with Gasteiger partial charge in [0.15, 0.2) is 0 Å². The van der Waals surface area contributed by atoms with Crippen molar-refractivity contribution >= 4 is 47.8 Å².